The lowest BCUT2D eigenvalue weighted by Gasteiger charge is -2.05. The Kier molecular flexibility index (Phi) is 3.11. The summed E-state index contributed by atoms with van der Waals surface area (Å²) in [7, 11) is -3.69. The fraction of sp³-hybridized carbons (Fsp3) is 0.0769. The van der Waals surface area contributed by atoms with Crippen molar-refractivity contribution >= 4 is 37.4 Å². The fourth-order valence-corrected chi connectivity index (χ4v) is 4.04. The van der Waals surface area contributed by atoms with Crippen molar-refractivity contribution in [1.29, 1.82) is 0 Å². The van der Waals surface area contributed by atoms with Crippen LogP contribution in [-0.2, 0) is 16.6 Å². The summed E-state index contributed by atoms with van der Waals surface area (Å²) in [5.74, 6) is 0. The second-order valence-corrected chi connectivity index (χ2v) is 7.58. The van der Waals surface area contributed by atoms with Gasteiger partial charge in [-0.3, -0.25) is 4.40 Å². The van der Waals surface area contributed by atoms with Gasteiger partial charge in [-0.1, -0.05) is 0 Å². The summed E-state index contributed by atoms with van der Waals surface area (Å²) in [6, 6.07) is 4.41. The Morgan fingerprint density at radius 3 is 2.91 bits per heavy atom. The first-order chi connectivity index (χ1) is 11.0. The van der Waals surface area contributed by atoms with Crippen LogP contribution in [0.4, 0.5) is 0 Å². The van der Waals surface area contributed by atoms with E-state index in [-0.39, 0.29) is 17.1 Å². The van der Waals surface area contributed by atoms with Crippen molar-refractivity contribution in [2.24, 2.45) is 0 Å². The number of H-pyrrole nitrogens is 2. The molecule has 118 valence electrons. The van der Waals surface area contributed by atoms with Crippen LogP contribution in [-0.4, -0.2) is 27.8 Å². The molecule has 4 rings (SSSR count). The van der Waals surface area contributed by atoms with E-state index in [2.05, 4.69) is 19.7 Å². The van der Waals surface area contributed by atoms with Crippen LogP contribution in [0.1, 0.15) is 5.69 Å². The van der Waals surface area contributed by atoms with Gasteiger partial charge in [0.15, 0.2) is 4.96 Å². The number of imidazole rings is 2. The molecule has 3 heterocycles. The van der Waals surface area contributed by atoms with Gasteiger partial charge >= 0.3 is 5.69 Å². The summed E-state index contributed by atoms with van der Waals surface area (Å²) in [6.45, 7) is 0.0957. The zero-order chi connectivity index (χ0) is 16.0. The molecular weight excluding hydrogens is 338 g/mol. The van der Waals surface area contributed by atoms with Crippen LogP contribution in [0.25, 0.3) is 16.0 Å². The van der Waals surface area contributed by atoms with E-state index in [4.69, 9.17) is 0 Å². The zero-order valence-electron chi connectivity index (χ0n) is 11.6. The Labute approximate surface area is 133 Å². The average Bonchev–Trinajstić information content (AvgIpc) is 3.16. The molecule has 0 amide bonds. The minimum atomic E-state index is -3.69. The number of thiazole rings is 1. The SMILES string of the molecule is O=c1[nH]c2ccc(S(=O)(=O)NCc3cn4ccsc4n3)cc2[nH]1. The Morgan fingerprint density at radius 2 is 2.09 bits per heavy atom. The molecule has 10 heteroatoms. The van der Waals surface area contributed by atoms with Gasteiger partial charge in [0.2, 0.25) is 10.0 Å². The minimum absolute atomic E-state index is 0.0845. The third kappa shape index (κ3) is 2.56. The van der Waals surface area contributed by atoms with Crippen LogP contribution in [0.2, 0.25) is 0 Å². The second-order valence-electron chi connectivity index (χ2n) is 4.94. The average molecular weight is 349 g/mol. The van der Waals surface area contributed by atoms with Gasteiger partial charge in [-0.15, -0.1) is 11.3 Å². The Bertz CT molecular complexity index is 1140. The highest BCUT2D eigenvalue weighted by molar-refractivity contribution is 7.89. The molecule has 0 bridgehead atoms. The lowest BCUT2D eigenvalue weighted by molar-refractivity contribution is 0.580. The molecule has 0 spiro atoms. The molecule has 0 unspecified atom stereocenters. The molecule has 0 saturated heterocycles. The molecule has 3 N–H and O–H groups in total. The van der Waals surface area contributed by atoms with Gasteiger partial charge in [0.1, 0.15) is 0 Å². The molecule has 0 aliphatic carbocycles. The number of benzene rings is 1. The predicted octanol–water partition coefficient (Wildman–Crippen LogP) is 1.04. The quantitative estimate of drug-likeness (QED) is 0.511. The van der Waals surface area contributed by atoms with E-state index in [1.54, 1.807) is 12.3 Å². The molecular formula is C13H11N5O3S2. The summed E-state index contributed by atoms with van der Waals surface area (Å²) < 4.78 is 29.1. The lowest BCUT2D eigenvalue weighted by atomic mass is 10.3. The van der Waals surface area contributed by atoms with E-state index in [0.29, 0.717) is 16.7 Å². The highest BCUT2D eigenvalue weighted by Crippen LogP contribution is 2.16. The van der Waals surface area contributed by atoms with Crippen molar-refractivity contribution in [2.45, 2.75) is 11.4 Å². The minimum Gasteiger partial charge on any atom is -0.306 e. The molecule has 0 fully saturated rings. The summed E-state index contributed by atoms with van der Waals surface area (Å²) in [5, 5.41) is 1.91. The third-order valence-corrected chi connectivity index (χ3v) is 5.55. The molecule has 1 aromatic carbocycles. The molecule has 0 aliphatic rings. The first-order valence-corrected chi connectivity index (χ1v) is 9.00. The second kappa shape index (κ2) is 5.05. The first-order valence-electron chi connectivity index (χ1n) is 6.64. The van der Waals surface area contributed by atoms with E-state index < -0.39 is 10.0 Å². The molecule has 0 atom stereocenters. The first kappa shape index (κ1) is 14.2. The fourth-order valence-electron chi connectivity index (χ4n) is 2.29. The number of aromatic nitrogens is 4. The van der Waals surface area contributed by atoms with Gasteiger partial charge in [-0.05, 0) is 18.2 Å². The van der Waals surface area contributed by atoms with Crippen molar-refractivity contribution in [3.63, 3.8) is 0 Å². The number of fused-ring (bicyclic) bond motifs is 2. The number of sulfonamides is 1. The summed E-state index contributed by atoms with van der Waals surface area (Å²) in [6.07, 6.45) is 3.64. The van der Waals surface area contributed by atoms with Crippen molar-refractivity contribution in [3.8, 4) is 0 Å². The summed E-state index contributed by atoms with van der Waals surface area (Å²) in [4.78, 5) is 21.6. The molecule has 0 radical (unpaired) electrons. The topological polar surface area (TPSA) is 112 Å². The largest absolute Gasteiger partial charge is 0.323 e. The molecule has 23 heavy (non-hydrogen) atoms. The maximum atomic E-state index is 12.4. The summed E-state index contributed by atoms with van der Waals surface area (Å²) >= 11 is 1.48. The van der Waals surface area contributed by atoms with Gasteiger partial charge in [-0.25, -0.2) is 22.9 Å². The number of hydrogen-bond donors (Lipinski definition) is 3. The standard InChI is InChI=1S/C13H11N5O3S2/c19-12-16-10-2-1-9(5-11(10)17-12)23(20,21)14-6-8-7-18-3-4-22-13(18)15-8/h1-5,7,14H,6H2,(H2,16,17,19). The number of aromatic amines is 2. The van der Waals surface area contributed by atoms with Gasteiger partial charge in [-0.2, -0.15) is 0 Å². The van der Waals surface area contributed by atoms with E-state index in [9.17, 15) is 13.2 Å². The summed E-state index contributed by atoms with van der Waals surface area (Å²) in [5.41, 5.74) is 1.26. The molecule has 4 aromatic rings. The lowest BCUT2D eigenvalue weighted by Crippen LogP contribution is -2.23. The van der Waals surface area contributed by atoms with Gasteiger partial charge in [0.25, 0.3) is 0 Å². The highest BCUT2D eigenvalue weighted by Gasteiger charge is 2.16. The van der Waals surface area contributed by atoms with Crippen LogP contribution >= 0.6 is 11.3 Å². The van der Waals surface area contributed by atoms with Crippen molar-refractivity contribution < 1.29 is 8.42 Å². The van der Waals surface area contributed by atoms with Crippen LogP contribution in [0.15, 0.2) is 45.7 Å². The molecule has 0 aliphatic heterocycles. The zero-order valence-corrected chi connectivity index (χ0v) is 13.2. The number of rotatable bonds is 4. The number of hydrogen-bond acceptors (Lipinski definition) is 5. The third-order valence-electron chi connectivity index (χ3n) is 3.38. The number of nitrogens with one attached hydrogen (secondary N) is 3. The van der Waals surface area contributed by atoms with Crippen molar-refractivity contribution in [1.82, 2.24) is 24.1 Å². The van der Waals surface area contributed by atoms with E-state index in [0.717, 1.165) is 4.96 Å². The Hall–Kier alpha value is -2.43. The van der Waals surface area contributed by atoms with Crippen LogP contribution in [0.3, 0.4) is 0 Å². The van der Waals surface area contributed by atoms with Crippen LogP contribution < -0.4 is 10.4 Å². The van der Waals surface area contributed by atoms with Gasteiger partial charge in [0.05, 0.1) is 28.2 Å². The van der Waals surface area contributed by atoms with Gasteiger partial charge < -0.3 is 9.97 Å². The smallest absolute Gasteiger partial charge is 0.306 e. The van der Waals surface area contributed by atoms with Crippen molar-refractivity contribution in [2.75, 3.05) is 0 Å². The normalized spacial score (nSPS) is 12.3. The maximum Gasteiger partial charge on any atom is 0.323 e. The Morgan fingerprint density at radius 1 is 1.26 bits per heavy atom. The van der Waals surface area contributed by atoms with E-state index in [1.165, 1.54) is 23.5 Å². The maximum absolute atomic E-state index is 12.4. The highest BCUT2D eigenvalue weighted by atomic mass is 32.2. The predicted molar refractivity (Wildman–Crippen MR) is 86.0 cm³/mol. The van der Waals surface area contributed by atoms with Crippen molar-refractivity contribution in [3.05, 3.63) is 52.2 Å². The van der Waals surface area contributed by atoms with Crippen LogP contribution in [0, 0.1) is 0 Å². The van der Waals surface area contributed by atoms with E-state index in [1.807, 2.05) is 16.0 Å². The van der Waals surface area contributed by atoms with Crippen LogP contribution in [0.5, 0.6) is 0 Å². The molecule has 0 saturated carbocycles. The Balaban J connectivity index is 1.60. The van der Waals surface area contributed by atoms with Gasteiger partial charge in [0, 0.05) is 17.8 Å². The monoisotopic (exact) mass is 349 g/mol. The molecule has 3 aromatic heterocycles. The molecule has 8 nitrogen and oxygen atoms in total. The van der Waals surface area contributed by atoms with E-state index >= 15 is 0 Å². The number of nitrogens with zero attached hydrogens (tertiary/aromatic N) is 2.